The standard InChI is InChI=1S/C14H20N2O4/c17-12-3-1-2-11(14(12)19)10-15-5-4-13(18)16-6-8-20-9-7-16/h1-3,15,17,19H,4-10H2. The number of hydrogen-bond donors (Lipinski definition) is 3. The van der Waals surface area contributed by atoms with Gasteiger partial charge < -0.3 is 25.2 Å². The van der Waals surface area contributed by atoms with E-state index in [-0.39, 0.29) is 17.4 Å². The van der Waals surface area contributed by atoms with Gasteiger partial charge in [-0.05, 0) is 6.07 Å². The lowest BCUT2D eigenvalue weighted by atomic mass is 10.2. The molecule has 0 unspecified atom stereocenters. The van der Waals surface area contributed by atoms with E-state index >= 15 is 0 Å². The Labute approximate surface area is 118 Å². The molecule has 1 aliphatic rings. The minimum atomic E-state index is -0.131. The molecule has 2 rings (SSSR count). The molecule has 20 heavy (non-hydrogen) atoms. The molecule has 6 nitrogen and oxygen atoms in total. The molecule has 0 spiro atoms. The molecule has 0 aliphatic carbocycles. The number of aromatic hydroxyl groups is 2. The number of phenols is 2. The molecule has 0 saturated carbocycles. The van der Waals surface area contributed by atoms with Crippen LogP contribution < -0.4 is 5.32 Å². The Bertz CT molecular complexity index is 458. The van der Waals surface area contributed by atoms with E-state index in [0.717, 1.165) is 0 Å². The van der Waals surface area contributed by atoms with Gasteiger partial charge in [-0.1, -0.05) is 12.1 Å². The highest BCUT2D eigenvalue weighted by atomic mass is 16.5. The predicted octanol–water partition coefficient (Wildman–Crippen LogP) is 0.436. The fraction of sp³-hybridized carbons (Fsp3) is 0.500. The average Bonchev–Trinajstić information content (AvgIpc) is 2.48. The van der Waals surface area contributed by atoms with Crippen LogP contribution in [0.15, 0.2) is 18.2 Å². The molecular weight excluding hydrogens is 260 g/mol. The number of phenolic OH excluding ortho intramolecular Hbond substituents is 2. The van der Waals surface area contributed by atoms with E-state index in [1.54, 1.807) is 17.0 Å². The highest BCUT2D eigenvalue weighted by Gasteiger charge is 2.16. The Kier molecular flexibility index (Phi) is 5.20. The zero-order valence-electron chi connectivity index (χ0n) is 11.3. The number of ether oxygens (including phenoxy) is 1. The molecule has 3 N–H and O–H groups in total. The first-order chi connectivity index (χ1) is 9.68. The van der Waals surface area contributed by atoms with Gasteiger partial charge in [0.1, 0.15) is 0 Å². The summed E-state index contributed by atoms with van der Waals surface area (Å²) in [6.07, 6.45) is 0.416. The van der Waals surface area contributed by atoms with Crippen LogP contribution in [-0.2, 0) is 16.1 Å². The topological polar surface area (TPSA) is 82.0 Å². The van der Waals surface area contributed by atoms with Gasteiger partial charge in [-0.25, -0.2) is 0 Å². The summed E-state index contributed by atoms with van der Waals surface area (Å²) in [4.78, 5) is 13.7. The average molecular weight is 280 g/mol. The van der Waals surface area contributed by atoms with Crippen molar-refractivity contribution < 1.29 is 19.7 Å². The zero-order chi connectivity index (χ0) is 14.4. The van der Waals surface area contributed by atoms with Crippen LogP contribution in [0.5, 0.6) is 11.5 Å². The SMILES string of the molecule is O=C(CCNCc1cccc(O)c1O)N1CCOCC1. The van der Waals surface area contributed by atoms with E-state index in [1.807, 2.05) is 0 Å². The van der Waals surface area contributed by atoms with Crippen molar-refractivity contribution in [2.24, 2.45) is 0 Å². The summed E-state index contributed by atoms with van der Waals surface area (Å²) >= 11 is 0. The lowest BCUT2D eigenvalue weighted by Crippen LogP contribution is -2.41. The monoisotopic (exact) mass is 280 g/mol. The van der Waals surface area contributed by atoms with Crippen LogP contribution in [0.3, 0.4) is 0 Å². The smallest absolute Gasteiger partial charge is 0.224 e. The maximum Gasteiger partial charge on any atom is 0.224 e. The highest BCUT2D eigenvalue weighted by Crippen LogP contribution is 2.27. The van der Waals surface area contributed by atoms with Gasteiger partial charge in [-0.15, -0.1) is 0 Å². The summed E-state index contributed by atoms with van der Waals surface area (Å²) in [5, 5.41) is 22.1. The van der Waals surface area contributed by atoms with Gasteiger partial charge in [-0.2, -0.15) is 0 Å². The normalized spacial score (nSPS) is 15.3. The number of carbonyl (C=O) groups is 1. The van der Waals surface area contributed by atoms with Crippen LogP contribution in [0.2, 0.25) is 0 Å². The number of morpholine rings is 1. The third-order valence-corrected chi connectivity index (χ3v) is 3.29. The van der Waals surface area contributed by atoms with Gasteiger partial charge in [0, 0.05) is 38.2 Å². The molecule has 110 valence electrons. The first-order valence-corrected chi connectivity index (χ1v) is 6.74. The molecule has 1 aromatic rings. The molecule has 1 aromatic carbocycles. The molecule has 0 bridgehead atoms. The number of rotatable bonds is 5. The van der Waals surface area contributed by atoms with Crippen LogP contribution in [0.25, 0.3) is 0 Å². The van der Waals surface area contributed by atoms with Crippen molar-refractivity contribution in [3.63, 3.8) is 0 Å². The summed E-state index contributed by atoms with van der Waals surface area (Å²) in [7, 11) is 0. The molecule has 0 atom stereocenters. The van der Waals surface area contributed by atoms with Crippen LogP contribution >= 0.6 is 0 Å². The van der Waals surface area contributed by atoms with Gasteiger partial charge in [0.15, 0.2) is 11.5 Å². The third kappa shape index (κ3) is 3.85. The summed E-state index contributed by atoms with van der Waals surface area (Å²) in [5.41, 5.74) is 0.615. The molecular formula is C14H20N2O4. The molecule has 0 radical (unpaired) electrons. The van der Waals surface area contributed by atoms with Crippen LogP contribution in [-0.4, -0.2) is 53.9 Å². The maximum atomic E-state index is 11.9. The van der Waals surface area contributed by atoms with Gasteiger partial charge in [0.05, 0.1) is 13.2 Å². The van der Waals surface area contributed by atoms with Crippen LogP contribution in [0.1, 0.15) is 12.0 Å². The molecule has 1 aliphatic heterocycles. The lowest BCUT2D eigenvalue weighted by molar-refractivity contribution is -0.135. The molecule has 1 heterocycles. The van der Waals surface area contributed by atoms with E-state index in [4.69, 9.17) is 4.74 Å². The van der Waals surface area contributed by atoms with E-state index in [0.29, 0.717) is 51.4 Å². The van der Waals surface area contributed by atoms with E-state index in [1.165, 1.54) is 6.07 Å². The summed E-state index contributed by atoms with van der Waals surface area (Å²) < 4.78 is 5.20. The fourth-order valence-corrected chi connectivity index (χ4v) is 2.11. The Morgan fingerprint density at radius 3 is 2.80 bits per heavy atom. The zero-order valence-corrected chi connectivity index (χ0v) is 11.3. The second kappa shape index (κ2) is 7.12. The van der Waals surface area contributed by atoms with Crippen molar-refractivity contribution >= 4 is 5.91 Å². The maximum absolute atomic E-state index is 11.9. The van der Waals surface area contributed by atoms with Gasteiger partial charge in [-0.3, -0.25) is 4.79 Å². The fourth-order valence-electron chi connectivity index (χ4n) is 2.11. The number of carbonyl (C=O) groups excluding carboxylic acids is 1. The lowest BCUT2D eigenvalue weighted by Gasteiger charge is -2.26. The van der Waals surface area contributed by atoms with Gasteiger partial charge in [0.25, 0.3) is 0 Å². The first kappa shape index (κ1) is 14.6. The Hall–Kier alpha value is -1.79. The van der Waals surface area contributed by atoms with Crippen LogP contribution in [0.4, 0.5) is 0 Å². The van der Waals surface area contributed by atoms with Crippen LogP contribution in [0, 0.1) is 0 Å². The van der Waals surface area contributed by atoms with Crippen molar-refractivity contribution in [1.82, 2.24) is 10.2 Å². The first-order valence-electron chi connectivity index (χ1n) is 6.74. The number of nitrogens with one attached hydrogen (secondary N) is 1. The van der Waals surface area contributed by atoms with E-state index < -0.39 is 0 Å². The largest absolute Gasteiger partial charge is 0.504 e. The number of para-hydroxylation sites is 1. The predicted molar refractivity (Wildman–Crippen MR) is 73.5 cm³/mol. The number of hydrogen-bond acceptors (Lipinski definition) is 5. The van der Waals surface area contributed by atoms with Crippen molar-refractivity contribution in [3.8, 4) is 11.5 Å². The molecule has 1 amide bonds. The molecule has 6 heteroatoms. The molecule has 1 fully saturated rings. The molecule has 0 aromatic heterocycles. The summed E-state index contributed by atoms with van der Waals surface area (Å²) in [6, 6.07) is 4.83. The second-order valence-corrected chi connectivity index (χ2v) is 4.70. The highest BCUT2D eigenvalue weighted by molar-refractivity contribution is 5.76. The summed E-state index contributed by atoms with van der Waals surface area (Å²) in [6.45, 7) is 3.48. The summed E-state index contributed by atoms with van der Waals surface area (Å²) in [5.74, 6) is -0.130. The minimum Gasteiger partial charge on any atom is -0.504 e. The van der Waals surface area contributed by atoms with Crippen molar-refractivity contribution in [2.45, 2.75) is 13.0 Å². The van der Waals surface area contributed by atoms with Crippen molar-refractivity contribution in [2.75, 3.05) is 32.8 Å². The third-order valence-electron chi connectivity index (χ3n) is 3.29. The Morgan fingerprint density at radius 2 is 2.05 bits per heavy atom. The number of benzene rings is 1. The van der Waals surface area contributed by atoms with E-state index in [9.17, 15) is 15.0 Å². The van der Waals surface area contributed by atoms with Crippen molar-refractivity contribution in [3.05, 3.63) is 23.8 Å². The van der Waals surface area contributed by atoms with Gasteiger partial charge >= 0.3 is 0 Å². The molecule has 1 saturated heterocycles. The second-order valence-electron chi connectivity index (χ2n) is 4.70. The Balaban J connectivity index is 1.70. The van der Waals surface area contributed by atoms with E-state index in [2.05, 4.69) is 5.32 Å². The van der Waals surface area contributed by atoms with Crippen molar-refractivity contribution in [1.29, 1.82) is 0 Å². The number of amides is 1. The minimum absolute atomic E-state index is 0.112. The van der Waals surface area contributed by atoms with Gasteiger partial charge in [0.2, 0.25) is 5.91 Å². The Morgan fingerprint density at radius 1 is 1.30 bits per heavy atom. The quantitative estimate of drug-likeness (QED) is 0.538. The number of nitrogens with zero attached hydrogens (tertiary/aromatic N) is 1.